The summed E-state index contributed by atoms with van der Waals surface area (Å²) in [4.78, 5) is 13.5. The molecule has 1 fully saturated rings. The Morgan fingerprint density at radius 2 is 2.32 bits per heavy atom. The molecule has 1 aromatic carbocycles. The lowest BCUT2D eigenvalue weighted by Crippen LogP contribution is -2.52. The van der Waals surface area contributed by atoms with Gasteiger partial charge in [-0.3, -0.25) is 9.69 Å². The number of hydrogen-bond donors (Lipinski definition) is 1. The van der Waals surface area contributed by atoms with Gasteiger partial charge in [-0.2, -0.15) is 0 Å². The third-order valence-corrected chi connectivity index (χ3v) is 4.11. The van der Waals surface area contributed by atoms with Crippen LogP contribution >= 0.6 is 0 Å². The number of hydrogen-bond acceptors (Lipinski definition) is 2. The third kappa shape index (κ3) is 2.78. The van der Waals surface area contributed by atoms with E-state index in [-0.39, 0.29) is 11.9 Å². The van der Waals surface area contributed by atoms with Gasteiger partial charge in [0, 0.05) is 6.04 Å². The lowest BCUT2D eigenvalue weighted by molar-refractivity contribution is -0.149. The summed E-state index contributed by atoms with van der Waals surface area (Å²) in [6, 6.07) is 6.60. The molecule has 1 aliphatic heterocycles. The van der Waals surface area contributed by atoms with Gasteiger partial charge in [0.1, 0.15) is 11.4 Å². The first-order chi connectivity index (χ1) is 8.93. The summed E-state index contributed by atoms with van der Waals surface area (Å²) < 4.78 is 13.2. The zero-order valence-corrected chi connectivity index (χ0v) is 11.4. The molecule has 1 saturated heterocycles. The fraction of sp³-hybridized carbons (Fsp3) is 0.533. The minimum Gasteiger partial charge on any atom is -0.480 e. The minimum absolute atomic E-state index is 0.0883. The number of likely N-dealkylation sites (tertiary alicyclic amines) is 1. The second-order valence-corrected chi connectivity index (χ2v) is 5.56. The van der Waals surface area contributed by atoms with Crippen LogP contribution in [0.1, 0.15) is 32.3 Å². The average molecular weight is 265 g/mol. The molecule has 3 nitrogen and oxygen atoms in total. The van der Waals surface area contributed by atoms with Crippen molar-refractivity contribution in [2.75, 3.05) is 6.54 Å². The van der Waals surface area contributed by atoms with Gasteiger partial charge in [-0.15, -0.1) is 0 Å². The lowest BCUT2D eigenvalue weighted by Gasteiger charge is -2.36. The summed E-state index contributed by atoms with van der Waals surface area (Å²) in [6.07, 6.45) is 2.24. The molecular weight excluding hydrogens is 245 g/mol. The molecule has 2 rings (SSSR count). The number of carboxylic acids is 1. The number of halogens is 1. The Morgan fingerprint density at radius 1 is 1.58 bits per heavy atom. The summed E-state index contributed by atoms with van der Waals surface area (Å²) in [6.45, 7) is 4.58. The van der Waals surface area contributed by atoms with Crippen molar-refractivity contribution >= 4 is 5.97 Å². The van der Waals surface area contributed by atoms with Crippen molar-refractivity contribution in [3.8, 4) is 0 Å². The molecule has 19 heavy (non-hydrogen) atoms. The number of carbonyl (C=O) groups is 1. The fourth-order valence-corrected chi connectivity index (χ4v) is 3.04. The summed E-state index contributed by atoms with van der Waals surface area (Å²) in [5, 5.41) is 9.40. The van der Waals surface area contributed by atoms with E-state index in [2.05, 4.69) is 0 Å². The quantitative estimate of drug-likeness (QED) is 0.910. The fourth-order valence-electron chi connectivity index (χ4n) is 3.04. The van der Waals surface area contributed by atoms with Crippen LogP contribution in [0, 0.1) is 5.82 Å². The highest BCUT2D eigenvalue weighted by atomic mass is 19.1. The highest BCUT2D eigenvalue weighted by Crippen LogP contribution is 2.32. The van der Waals surface area contributed by atoms with Crippen LogP contribution in [0.3, 0.4) is 0 Å². The Labute approximate surface area is 113 Å². The Kier molecular flexibility index (Phi) is 3.90. The summed E-state index contributed by atoms with van der Waals surface area (Å²) in [7, 11) is 0. The van der Waals surface area contributed by atoms with Gasteiger partial charge in [-0.1, -0.05) is 12.1 Å². The molecule has 0 spiro atoms. The Bertz CT molecular complexity index is 477. The molecule has 1 aliphatic rings. The van der Waals surface area contributed by atoms with Crippen LogP contribution in [0.4, 0.5) is 4.39 Å². The zero-order valence-electron chi connectivity index (χ0n) is 11.4. The maximum Gasteiger partial charge on any atom is 0.323 e. The van der Waals surface area contributed by atoms with Crippen molar-refractivity contribution < 1.29 is 14.3 Å². The predicted octanol–water partition coefficient (Wildman–Crippen LogP) is 2.70. The second kappa shape index (κ2) is 5.29. The molecule has 1 heterocycles. The smallest absolute Gasteiger partial charge is 0.323 e. The van der Waals surface area contributed by atoms with E-state index in [1.165, 1.54) is 12.1 Å². The normalized spacial score (nSPS) is 25.4. The van der Waals surface area contributed by atoms with E-state index in [0.717, 1.165) is 18.5 Å². The predicted molar refractivity (Wildman–Crippen MR) is 71.5 cm³/mol. The number of benzene rings is 1. The SMILES string of the molecule is CC(Cc1cccc(F)c1)N1CCCC1(C)C(=O)O. The number of rotatable bonds is 4. The van der Waals surface area contributed by atoms with Gasteiger partial charge in [-0.05, 0) is 57.4 Å². The largest absolute Gasteiger partial charge is 0.480 e. The van der Waals surface area contributed by atoms with Crippen LogP contribution in [0.2, 0.25) is 0 Å². The van der Waals surface area contributed by atoms with Crippen LogP contribution in [0.15, 0.2) is 24.3 Å². The van der Waals surface area contributed by atoms with Crippen molar-refractivity contribution in [2.45, 2.75) is 44.7 Å². The van der Waals surface area contributed by atoms with Crippen LogP contribution in [0.25, 0.3) is 0 Å². The Morgan fingerprint density at radius 3 is 2.95 bits per heavy atom. The van der Waals surface area contributed by atoms with E-state index in [9.17, 15) is 14.3 Å². The van der Waals surface area contributed by atoms with Crippen molar-refractivity contribution in [1.82, 2.24) is 4.90 Å². The molecule has 0 aromatic heterocycles. The van der Waals surface area contributed by atoms with Crippen molar-refractivity contribution in [2.24, 2.45) is 0 Å². The lowest BCUT2D eigenvalue weighted by atomic mass is 9.96. The molecule has 1 N–H and O–H groups in total. The minimum atomic E-state index is -0.785. The van der Waals surface area contributed by atoms with Crippen LogP contribution < -0.4 is 0 Å². The van der Waals surface area contributed by atoms with Crippen molar-refractivity contribution in [3.05, 3.63) is 35.6 Å². The number of aliphatic carboxylic acids is 1. The third-order valence-electron chi connectivity index (χ3n) is 4.11. The maximum absolute atomic E-state index is 13.2. The molecule has 104 valence electrons. The van der Waals surface area contributed by atoms with Gasteiger partial charge in [0.05, 0.1) is 0 Å². The highest BCUT2D eigenvalue weighted by Gasteiger charge is 2.45. The molecule has 0 aliphatic carbocycles. The van der Waals surface area contributed by atoms with E-state index in [1.54, 1.807) is 13.0 Å². The Hall–Kier alpha value is -1.42. The first-order valence-corrected chi connectivity index (χ1v) is 6.68. The van der Waals surface area contributed by atoms with E-state index in [4.69, 9.17) is 0 Å². The number of carboxylic acid groups (broad SMARTS) is 1. The van der Waals surface area contributed by atoms with E-state index in [0.29, 0.717) is 12.8 Å². The molecule has 1 aromatic rings. The molecule has 0 radical (unpaired) electrons. The number of nitrogens with zero attached hydrogens (tertiary/aromatic N) is 1. The molecular formula is C15H20FNO2. The van der Waals surface area contributed by atoms with Gasteiger partial charge in [-0.25, -0.2) is 4.39 Å². The molecule has 0 amide bonds. The summed E-state index contributed by atoms with van der Waals surface area (Å²) >= 11 is 0. The van der Waals surface area contributed by atoms with Gasteiger partial charge < -0.3 is 5.11 Å². The van der Waals surface area contributed by atoms with Gasteiger partial charge >= 0.3 is 5.97 Å². The molecule has 0 saturated carbocycles. The summed E-state index contributed by atoms with van der Waals surface area (Å²) in [5.74, 6) is -1.01. The Balaban J connectivity index is 2.11. The molecule has 2 atom stereocenters. The molecule has 2 unspecified atom stereocenters. The maximum atomic E-state index is 13.2. The van der Waals surface area contributed by atoms with E-state index in [1.807, 2.05) is 17.9 Å². The van der Waals surface area contributed by atoms with Crippen molar-refractivity contribution in [3.63, 3.8) is 0 Å². The molecule has 4 heteroatoms. The van der Waals surface area contributed by atoms with Gasteiger partial charge in [0.15, 0.2) is 0 Å². The van der Waals surface area contributed by atoms with Crippen LogP contribution in [0.5, 0.6) is 0 Å². The summed E-state index contributed by atoms with van der Waals surface area (Å²) in [5.41, 5.74) is 0.124. The molecule has 0 bridgehead atoms. The van der Waals surface area contributed by atoms with E-state index >= 15 is 0 Å². The van der Waals surface area contributed by atoms with Crippen LogP contribution in [-0.4, -0.2) is 34.1 Å². The second-order valence-electron chi connectivity index (χ2n) is 5.56. The van der Waals surface area contributed by atoms with Gasteiger partial charge in [0.2, 0.25) is 0 Å². The standard InChI is InChI=1S/C15H20FNO2/c1-11(9-12-5-3-6-13(16)10-12)17-8-4-7-15(17,2)14(18)19/h3,5-6,10-11H,4,7-9H2,1-2H3,(H,18,19). The first kappa shape index (κ1) is 14.0. The first-order valence-electron chi connectivity index (χ1n) is 6.68. The average Bonchev–Trinajstić information content (AvgIpc) is 2.73. The topological polar surface area (TPSA) is 40.5 Å². The van der Waals surface area contributed by atoms with Gasteiger partial charge in [0.25, 0.3) is 0 Å². The zero-order chi connectivity index (χ0) is 14.0. The van der Waals surface area contributed by atoms with Crippen molar-refractivity contribution in [1.29, 1.82) is 0 Å². The van der Waals surface area contributed by atoms with E-state index < -0.39 is 11.5 Å². The van der Waals surface area contributed by atoms with Crippen LogP contribution in [-0.2, 0) is 11.2 Å². The monoisotopic (exact) mass is 265 g/mol. The highest BCUT2D eigenvalue weighted by molar-refractivity contribution is 5.78.